The maximum atomic E-state index is 8.79. The third-order valence-corrected chi connectivity index (χ3v) is 2.34. The van der Waals surface area contributed by atoms with Gasteiger partial charge in [-0.05, 0) is 24.3 Å². The minimum atomic E-state index is 0.146. The summed E-state index contributed by atoms with van der Waals surface area (Å²) >= 11 is 0. The zero-order valence-electron chi connectivity index (χ0n) is 9.67. The Kier molecular flexibility index (Phi) is 3.33. The molecule has 0 bridgehead atoms. The van der Waals surface area contributed by atoms with Crippen LogP contribution in [0.4, 0.5) is 11.6 Å². The molecule has 0 radical (unpaired) electrons. The Labute approximate surface area is 104 Å². The number of hydrogen-bond acceptors (Lipinski definition) is 4. The van der Waals surface area contributed by atoms with Crippen molar-refractivity contribution in [2.75, 3.05) is 11.5 Å². The lowest BCUT2D eigenvalue weighted by molar-refractivity contribution is 0.478. The molecule has 1 heterocycles. The van der Waals surface area contributed by atoms with Crippen LogP contribution in [0.3, 0.4) is 0 Å². The van der Waals surface area contributed by atoms with E-state index in [9.17, 15) is 0 Å². The van der Waals surface area contributed by atoms with Crippen LogP contribution in [0.25, 0.3) is 11.0 Å². The van der Waals surface area contributed by atoms with Gasteiger partial charge >= 0.3 is 0 Å². The highest BCUT2D eigenvalue weighted by Crippen LogP contribution is 2.16. The number of aromatic amines is 1. The molecule has 0 spiro atoms. The van der Waals surface area contributed by atoms with Crippen LogP contribution >= 0.6 is 0 Å². The van der Waals surface area contributed by atoms with E-state index in [2.05, 4.69) is 9.97 Å². The fourth-order valence-electron chi connectivity index (χ4n) is 1.46. The van der Waals surface area contributed by atoms with Gasteiger partial charge in [-0.15, -0.1) is 0 Å². The maximum Gasteiger partial charge on any atom is 0.198 e. The number of imidazole rings is 1. The van der Waals surface area contributed by atoms with Crippen LogP contribution in [0.1, 0.15) is 0 Å². The van der Waals surface area contributed by atoms with Gasteiger partial charge in [-0.1, -0.05) is 24.3 Å². The van der Waals surface area contributed by atoms with E-state index in [1.54, 1.807) is 24.3 Å². The molecule has 0 aliphatic heterocycles. The number of nitrogens with two attached hydrogens (primary N) is 2. The predicted molar refractivity (Wildman–Crippen MR) is 73.0 cm³/mol. The van der Waals surface area contributed by atoms with Gasteiger partial charge in [0, 0.05) is 0 Å². The zero-order chi connectivity index (χ0) is 13.0. The van der Waals surface area contributed by atoms with Gasteiger partial charge in [-0.3, -0.25) is 0 Å². The smallest absolute Gasteiger partial charge is 0.198 e. The first kappa shape index (κ1) is 11.8. The number of aromatic hydroxyl groups is 1. The number of fused-ring (bicyclic) bond motifs is 1. The van der Waals surface area contributed by atoms with Crippen LogP contribution in [0.15, 0.2) is 48.5 Å². The Balaban J connectivity index is 0.000000138. The van der Waals surface area contributed by atoms with E-state index in [0.29, 0.717) is 11.6 Å². The SMILES string of the molecule is Nc1ccccc1O.Nc1nc2ccccc2[nH]1. The first-order chi connectivity index (χ1) is 8.66. The highest BCUT2D eigenvalue weighted by molar-refractivity contribution is 5.76. The van der Waals surface area contributed by atoms with Crippen molar-refractivity contribution in [1.29, 1.82) is 0 Å². The van der Waals surface area contributed by atoms with Crippen molar-refractivity contribution in [2.24, 2.45) is 0 Å². The Bertz CT molecular complexity index is 594. The topological polar surface area (TPSA) is 101 Å². The minimum absolute atomic E-state index is 0.146. The monoisotopic (exact) mass is 242 g/mol. The van der Waals surface area contributed by atoms with Crippen molar-refractivity contribution in [1.82, 2.24) is 9.97 Å². The highest BCUT2D eigenvalue weighted by atomic mass is 16.3. The summed E-state index contributed by atoms with van der Waals surface area (Å²) in [7, 11) is 0. The second-order valence-corrected chi connectivity index (χ2v) is 3.70. The van der Waals surface area contributed by atoms with E-state index in [1.165, 1.54) is 0 Å². The van der Waals surface area contributed by atoms with Crippen LogP contribution in [0, 0.1) is 0 Å². The lowest BCUT2D eigenvalue weighted by Gasteiger charge is -1.92. The molecule has 0 saturated heterocycles. The maximum absolute atomic E-state index is 8.79. The summed E-state index contributed by atoms with van der Waals surface area (Å²) in [5, 5.41) is 8.79. The Hall–Kier alpha value is -2.69. The average molecular weight is 242 g/mol. The van der Waals surface area contributed by atoms with Crippen molar-refractivity contribution >= 4 is 22.7 Å². The average Bonchev–Trinajstić information content (AvgIpc) is 2.74. The fraction of sp³-hybridized carbons (Fsp3) is 0. The van der Waals surface area contributed by atoms with Gasteiger partial charge in [0.05, 0.1) is 16.7 Å². The third-order valence-electron chi connectivity index (χ3n) is 2.34. The Morgan fingerprint density at radius 1 is 0.944 bits per heavy atom. The number of phenols is 1. The van der Waals surface area contributed by atoms with Crippen molar-refractivity contribution in [2.45, 2.75) is 0 Å². The molecule has 1 aromatic heterocycles. The number of hydrogen-bond donors (Lipinski definition) is 4. The molecule has 0 unspecified atom stereocenters. The molecule has 0 aliphatic carbocycles. The summed E-state index contributed by atoms with van der Waals surface area (Å²) in [5.41, 5.74) is 13.0. The van der Waals surface area contributed by atoms with Gasteiger partial charge in [-0.25, -0.2) is 4.98 Å². The molecule has 0 amide bonds. The lowest BCUT2D eigenvalue weighted by Crippen LogP contribution is -1.84. The minimum Gasteiger partial charge on any atom is -0.506 e. The fourth-order valence-corrected chi connectivity index (χ4v) is 1.46. The number of nitrogens with zero attached hydrogens (tertiary/aromatic N) is 1. The standard InChI is InChI=1S/C7H7N3.C6H7NO/c8-7-9-5-3-1-2-4-6(5)10-7;7-5-3-1-2-4-6(5)8/h1-4H,(H3,8,9,10);1-4,8H,7H2. The van der Waals surface area contributed by atoms with Crippen molar-refractivity contribution in [3.63, 3.8) is 0 Å². The van der Waals surface area contributed by atoms with E-state index in [-0.39, 0.29) is 5.75 Å². The normalized spacial score (nSPS) is 9.78. The molecule has 92 valence electrons. The summed E-state index contributed by atoms with van der Waals surface area (Å²) in [6.45, 7) is 0. The van der Waals surface area contributed by atoms with Crippen LogP contribution < -0.4 is 11.5 Å². The number of benzene rings is 2. The summed E-state index contributed by atoms with van der Waals surface area (Å²) in [4.78, 5) is 6.96. The Morgan fingerprint density at radius 3 is 2.22 bits per heavy atom. The largest absolute Gasteiger partial charge is 0.506 e. The second kappa shape index (κ2) is 5.09. The van der Waals surface area contributed by atoms with Gasteiger partial charge in [-0.2, -0.15) is 0 Å². The summed E-state index contributed by atoms with van der Waals surface area (Å²) in [5.74, 6) is 0.619. The second-order valence-electron chi connectivity index (χ2n) is 3.70. The van der Waals surface area contributed by atoms with Crippen molar-refractivity contribution in [3.8, 4) is 5.75 Å². The molecule has 18 heavy (non-hydrogen) atoms. The molecule has 2 aromatic carbocycles. The number of anilines is 2. The molecular weight excluding hydrogens is 228 g/mol. The number of phenolic OH excluding ortho intramolecular Hbond substituents is 1. The first-order valence-electron chi connectivity index (χ1n) is 5.40. The van der Waals surface area contributed by atoms with E-state index in [4.69, 9.17) is 16.6 Å². The van der Waals surface area contributed by atoms with Gasteiger partial charge in [0.25, 0.3) is 0 Å². The van der Waals surface area contributed by atoms with Crippen LogP contribution in [-0.2, 0) is 0 Å². The molecule has 0 atom stereocenters. The molecule has 5 nitrogen and oxygen atoms in total. The first-order valence-corrected chi connectivity index (χ1v) is 5.40. The zero-order valence-corrected chi connectivity index (χ0v) is 9.67. The van der Waals surface area contributed by atoms with Gasteiger partial charge < -0.3 is 21.6 Å². The number of rotatable bonds is 0. The van der Waals surface area contributed by atoms with Crippen LogP contribution in [0.2, 0.25) is 0 Å². The molecule has 3 rings (SSSR count). The summed E-state index contributed by atoms with van der Waals surface area (Å²) in [6, 6.07) is 14.4. The van der Waals surface area contributed by atoms with E-state index >= 15 is 0 Å². The van der Waals surface area contributed by atoms with Gasteiger partial charge in [0.15, 0.2) is 5.95 Å². The number of para-hydroxylation sites is 4. The van der Waals surface area contributed by atoms with E-state index in [1.807, 2.05) is 24.3 Å². The number of aromatic nitrogens is 2. The number of nitrogens with one attached hydrogen (secondary N) is 1. The van der Waals surface area contributed by atoms with Gasteiger partial charge in [0.2, 0.25) is 0 Å². The van der Waals surface area contributed by atoms with Crippen molar-refractivity contribution in [3.05, 3.63) is 48.5 Å². The number of H-pyrrole nitrogens is 1. The molecule has 5 heteroatoms. The molecular formula is C13H14N4O. The van der Waals surface area contributed by atoms with Crippen LogP contribution in [-0.4, -0.2) is 15.1 Å². The molecule has 0 aliphatic rings. The van der Waals surface area contributed by atoms with Crippen LogP contribution in [0.5, 0.6) is 5.75 Å². The predicted octanol–water partition coefficient (Wildman–Crippen LogP) is 2.12. The summed E-state index contributed by atoms with van der Waals surface area (Å²) in [6.07, 6.45) is 0. The molecule has 0 fully saturated rings. The van der Waals surface area contributed by atoms with E-state index in [0.717, 1.165) is 11.0 Å². The number of nitrogen functional groups attached to an aromatic ring is 2. The highest BCUT2D eigenvalue weighted by Gasteiger charge is 1.94. The van der Waals surface area contributed by atoms with Crippen molar-refractivity contribution < 1.29 is 5.11 Å². The third kappa shape index (κ3) is 2.70. The van der Waals surface area contributed by atoms with Gasteiger partial charge in [0.1, 0.15) is 5.75 Å². The summed E-state index contributed by atoms with van der Waals surface area (Å²) < 4.78 is 0. The quantitative estimate of drug-likeness (QED) is 0.358. The molecule has 3 aromatic rings. The molecule has 0 saturated carbocycles. The molecule has 6 N–H and O–H groups in total. The lowest BCUT2D eigenvalue weighted by atomic mass is 10.3. The van der Waals surface area contributed by atoms with E-state index < -0.39 is 0 Å². The Morgan fingerprint density at radius 2 is 1.61 bits per heavy atom.